The quantitative estimate of drug-likeness (QED) is 0.132. The molecule has 0 aliphatic heterocycles. The molecule has 0 atom stereocenters. The Hall–Kier alpha value is -6.89. The van der Waals surface area contributed by atoms with Crippen molar-refractivity contribution in [2.24, 2.45) is 10.2 Å². The minimum Gasteiger partial charge on any atom is -0.507 e. The molecule has 5 aromatic heterocycles. The molecule has 0 radical (unpaired) electrons. The van der Waals surface area contributed by atoms with E-state index in [1.165, 1.54) is 6.07 Å². The first-order valence-corrected chi connectivity index (χ1v) is 15.8. The lowest BCUT2D eigenvalue weighted by Crippen LogP contribution is -2.29. The maximum absolute atomic E-state index is 10.8. The van der Waals surface area contributed by atoms with Gasteiger partial charge in [0.05, 0.1) is 49.0 Å². The number of aromatic hydroxyl groups is 2. The standard InChI is InChI=1S/C37H31N11O2/c49-32-21-33(50)34(31-16-2-1-15-30(31)32)45-46-35-42-36(47(22-26-11-3-7-17-38-26)23-27-12-4-8-18-39-27)44-37(43-35)48(24-28-13-5-9-19-40-28)25-29-14-6-10-20-41-29/h1-21,49-50H,22-25H2/b46-45+. The van der Waals surface area contributed by atoms with Crippen LogP contribution in [0.1, 0.15) is 22.8 Å². The normalized spacial score (nSPS) is 11.2. The molecular weight excluding hydrogens is 630 g/mol. The summed E-state index contributed by atoms with van der Waals surface area (Å²) < 4.78 is 0. The van der Waals surface area contributed by atoms with Gasteiger partial charge in [0, 0.05) is 41.6 Å². The zero-order valence-corrected chi connectivity index (χ0v) is 26.8. The highest BCUT2D eigenvalue weighted by Gasteiger charge is 2.21. The molecule has 0 spiro atoms. The average molecular weight is 662 g/mol. The number of benzene rings is 2. The first-order valence-electron chi connectivity index (χ1n) is 15.8. The van der Waals surface area contributed by atoms with E-state index in [1.54, 1.807) is 49.1 Å². The van der Waals surface area contributed by atoms with Gasteiger partial charge in [0.15, 0.2) is 0 Å². The molecule has 0 aliphatic rings. The number of hydrogen-bond donors (Lipinski definition) is 2. The van der Waals surface area contributed by atoms with Gasteiger partial charge in [-0.3, -0.25) is 19.9 Å². The molecule has 0 unspecified atom stereocenters. The van der Waals surface area contributed by atoms with Crippen molar-refractivity contribution in [2.45, 2.75) is 26.2 Å². The number of hydrogen-bond acceptors (Lipinski definition) is 13. The molecule has 0 saturated carbocycles. The van der Waals surface area contributed by atoms with Crippen LogP contribution in [0, 0.1) is 0 Å². The van der Waals surface area contributed by atoms with Crippen molar-refractivity contribution >= 4 is 34.3 Å². The van der Waals surface area contributed by atoms with Gasteiger partial charge in [0.1, 0.15) is 17.2 Å². The van der Waals surface area contributed by atoms with Crippen molar-refractivity contribution in [2.75, 3.05) is 9.80 Å². The molecule has 5 heterocycles. The summed E-state index contributed by atoms with van der Waals surface area (Å²) in [6, 6.07) is 31.2. The van der Waals surface area contributed by atoms with Crippen LogP contribution in [-0.2, 0) is 26.2 Å². The van der Waals surface area contributed by atoms with E-state index in [2.05, 4.69) is 30.2 Å². The Bertz CT molecular complexity index is 2020. The molecule has 13 nitrogen and oxygen atoms in total. The van der Waals surface area contributed by atoms with E-state index in [4.69, 9.17) is 15.0 Å². The third-order valence-corrected chi connectivity index (χ3v) is 7.70. The van der Waals surface area contributed by atoms with Crippen LogP contribution in [-0.4, -0.2) is 45.1 Å². The van der Waals surface area contributed by atoms with Crippen LogP contribution in [0.4, 0.5) is 23.5 Å². The molecule has 0 saturated heterocycles. The Morgan fingerprint density at radius 3 is 1.30 bits per heavy atom. The molecule has 50 heavy (non-hydrogen) atoms. The zero-order valence-electron chi connectivity index (χ0n) is 26.8. The average Bonchev–Trinajstić information content (AvgIpc) is 3.16. The molecule has 2 aromatic carbocycles. The predicted octanol–water partition coefficient (Wildman–Crippen LogP) is 6.85. The number of phenolic OH excluding ortho intramolecular Hbond substituents is 2. The van der Waals surface area contributed by atoms with Crippen molar-refractivity contribution in [3.8, 4) is 11.5 Å². The van der Waals surface area contributed by atoms with Crippen LogP contribution in [0.25, 0.3) is 10.8 Å². The number of phenols is 2. The Morgan fingerprint density at radius 1 is 0.460 bits per heavy atom. The predicted molar refractivity (Wildman–Crippen MR) is 188 cm³/mol. The minimum atomic E-state index is -0.238. The SMILES string of the molecule is Oc1cc(O)c2ccccc2c1/N=N/c1nc(N(Cc2ccccn2)Cc2ccccn2)nc(N(Cc2ccccn2)Cc2ccccn2)n1. The van der Waals surface area contributed by atoms with E-state index in [0.29, 0.717) is 48.8 Å². The lowest BCUT2D eigenvalue weighted by Gasteiger charge is -2.26. The maximum Gasteiger partial charge on any atom is 0.275 e. The third kappa shape index (κ3) is 7.63. The van der Waals surface area contributed by atoms with Gasteiger partial charge in [0.25, 0.3) is 5.95 Å². The molecule has 0 amide bonds. The van der Waals surface area contributed by atoms with Gasteiger partial charge < -0.3 is 20.0 Å². The molecule has 0 aliphatic carbocycles. The van der Waals surface area contributed by atoms with Crippen LogP contribution < -0.4 is 9.80 Å². The summed E-state index contributed by atoms with van der Waals surface area (Å²) in [5.74, 6) is 0.319. The molecule has 7 aromatic rings. The Balaban J connectivity index is 1.36. The maximum atomic E-state index is 10.8. The van der Waals surface area contributed by atoms with E-state index in [0.717, 1.165) is 22.8 Å². The van der Waals surface area contributed by atoms with Gasteiger partial charge in [-0.1, -0.05) is 48.5 Å². The van der Waals surface area contributed by atoms with Crippen LogP contribution in [0.2, 0.25) is 0 Å². The van der Waals surface area contributed by atoms with Gasteiger partial charge in [-0.2, -0.15) is 15.0 Å². The van der Waals surface area contributed by atoms with E-state index in [9.17, 15) is 10.2 Å². The third-order valence-electron chi connectivity index (χ3n) is 7.70. The summed E-state index contributed by atoms with van der Waals surface area (Å²) >= 11 is 0. The highest BCUT2D eigenvalue weighted by Crippen LogP contribution is 2.41. The number of azo groups is 1. The number of pyridine rings is 4. The Kier molecular flexibility index (Phi) is 9.45. The van der Waals surface area contributed by atoms with Crippen molar-refractivity contribution in [3.63, 3.8) is 0 Å². The van der Waals surface area contributed by atoms with Gasteiger partial charge in [-0.05, 0) is 48.5 Å². The topological polar surface area (TPSA) is 162 Å². The van der Waals surface area contributed by atoms with Gasteiger partial charge in [0.2, 0.25) is 11.9 Å². The fourth-order valence-corrected chi connectivity index (χ4v) is 5.34. The highest BCUT2D eigenvalue weighted by molar-refractivity contribution is 5.99. The smallest absolute Gasteiger partial charge is 0.275 e. The second-order valence-corrected chi connectivity index (χ2v) is 11.2. The van der Waals surface area contributed by atoms with E-state index < -0.39 is 0 Å². The van der Waals surface area contributed by atoms with Crippen molar-refractivity contribution < 1.29 is 10.2 Å². The number of nitrogens with zero attached hydrogens (tertiary/aromatic N) is 11. The van der Waals surface area contributed by atoms with E-state index in [1.807, 2.05) is 82.6 Å². The fraction of sp³-hybridized carbons (Fsp3) is 0.108. The van der Waals surface area contributed by atoms with Gasteiger partial charge in [-0.15, -0.1) is 10.2 Å². The fourth-order valence-electron chi connectivity index (χ4n) is 5.34. The van der Waals surface area contributed by atoms with Crippen LogP contribution in [0.3, 0.4) is 0 Å². The van der Waals surface area contributed by atoms with Crippen LogP contribution in [0.15, 0.2) is 138 Å². The first-order chi connectivity index (χ1) is 24.6. The molecular formula is C37H31N11O2. The van der Waals surface area contributed by atoms with E-state index >= 15 is 0 Å². The molecule has 0 bridgehead atoms. The number of anilines is 2. The van der Waals surface area contributed by atoms with Crippen LogP contribution >= 0.6 is 0 Å². The monoisotopic (exact) mass is 661 g/mol. The largest absolute Gasteiger partial charge is 0.507 e. The zero-order chi connectivity index (χ0) is 34.1. The van der Waals surface area contributed by atoms with Crippen molar-refractivity contribution in [1.82, 2.24) is 34.9 Å². The molecule has 13 heteroatoms. The summed E-state index contributed by atoms with van der Waals surface area (Å²) in [7, 11) is 0. The molecule has 7 rings (SSSR count). The lowest BCUT2D eigenvalue weighted by atomic mass is 10.1. The van der Waals surface area contributed by atoms with Crippen molar-refractivity contribution in [3.05, 3.63) is 151 Å². The Morgan fingerprint density at radius 2 is 0.880 bits per heavy atom. The second kappa shape index (κ2) is 14.9. The Labute approximate surface area is 287 Å². The highest BCUT2D eigenvalue weighted by atomic mass is 16.3. The summed E-state index contributed by atoms with van der Waals surface area (Å²) in [5.41, 5.74) is 3.36. The number of rotatable bonds is 12. The number of fused-ring (bicyclic) bond motifs is 1. The summed E-state index contributed by atoms with van der Waals surface area (Å²) in [4.78, 5) is 36.6. The van der Waals surface area contributed by atoms with Crippen molar-refractivity contribution in [1.29, 1.82) is 0 Å². The molecule has 2 N–H and O–H groups in total. The first kappa shape index (κ1) is 31.7. The summed E-state index contributed by atoms with van der Waals surface area (Å²) in [6.07, 6.45) is 6.96. The second-order valence-electron chi connectivity index (χ2n) is 11.2. The van der Waals surface area contributed by atoms with Gasteiger partial charge in [-0.25, -0.2) is 0 Å². The summed E-state index contributed by atoms with van der Waals surface area (Å²) in [5, 5.41) is 31.1. The lowest BCUT2D eigenvalue weighted by molar-refractivity contribution is 0.456. The molecule has 246 valence electrons. The van der Waals surface area contributed by atoms with E-state index in [-0.39, 0.29) is 23.1 Å². The van der Waals surface area contributed by atoms with Crippen LogP contribution in [0.5, 0.6) is 11.5 Å². The van der Waals surface area contributed by atoms with Gasteiger partial charge >= 0.3 is 0 Å². The summed E-state index contributed by atoms with van der Waals surface area (Å²) in [6.45, 7) is 1.45. The number of aromatic nitrogens is 7. The minimum absolute atomic E-state index is 0.000592. The molecule has 0 fully saturated rings.